The van der Waals surface area contributed by atoms with Crippen LogP contribution < -0.4 is 5.32 Å². The molecule has 0 aromatic heterocycles. The van der Waals surface area contributed by atoms with Crippen LogP contribution in [0, 0.1) is 16.7 Å². The van der Waals surface area contributed by atoms with Crippen LogP contribution in [-0.4, -0.2) is 36.6 Å². The SMILES string of the molecule is CC(C)(C#N)CCN(CC1CCCCN1)C1CC1. The zero-order chi connectivity index (χ0) is 13.0. The Kier molecular flexibility index (Phi) is 4.64. The Morgan fingerprint density at radius 1 is 1.28 bits per heavy atom. The molecule has 0 spiro atoms. The van der Waals surface area contributed by atoms with Crippen molar-refractivity contribution in [1.29, 1.82) is 5.26 Å². The van der Waals surface area contributed by atoms with Crippen LogP contribution in [-0.2, 0) is 0 Å². The Morgan fingerprint density at radius 2 is 2.06 bits per heavy atom. The van der Waals surface area contributed by atoms with Crippen molar-refractivity contribution in [3.63, 3.8) is 0 Å². The molecule has 1 atom stereocenters. The number of hydrogen-bond donors (Lipinski definition) is 1. The second-order valence-corrected chi connectivity index (χ2v) is 6.62. The molecule has 0 amide bonds. The highest BCUT2D eigenvalue weighted by Crippen LogP contribution is 2.29. The van der Waals surface area contributed by atoms with Crippen molar-refractivity contribution in [2.75, 3.05) is 19.6 Å². The zero-order valence-corrected chi connectivity index (χ0v) is 11.9. The van der Waals surface area contributed by atoms with Crippen molar-refractivity contribution in [1.82, 2.24) is 10.2 Å². The summed E-state index contributed by atoms with van der Waals surface area (Å²) in [4.78, 5) is 2.63. The summed E-state index contributed by atoms with van der Waals surface area (Å²) >= 11 is 0. The van der Waals surface area contributed by atoms with Crippen molar-refractivity contribution < 1.29 is 0 Å². The van der Waals surface area contributed by atoms with Crippen molar-refractivity contribution in [2.24, 2.45) is 5.41 Å². The highest BCUT2D eigenvalue weighted by Gasteiger charge is 2.31. The molecule has 2 aliphatic rings. The van der Waals surface area contributed by atoms with Gasteiger partial charge in [0.2, 0.25) is 0 Å². The van der Waals surface area contributed by atoms with Gasteiger partial charge in [0.15, 0.2) is 0 Å². The highest BCUT2D eigenvalue weighted by molar-refractivity contribution is 4.94. The summed E-state index contributed by atoms with van der Waals surface area (Å²) in [6.07, 6.45) is 7.75. The maximum Gasteiger partial charge on any atom is 0.0684 e. The molecular formula is C15H27N3. The lowest BCUT2D eigenvalue weighted by atomic mass is 9.91. The van der Waals surface area contributed by atoms with Crippen molar-refractivity contribution in [2.45, 2.75) is 64.5 Å². The minimum Gasteiger partial charge on any atom is -0.313 e. The fourth-order valence-electron chi connectivity index (χ4n) is 2.70. The molecule has 0 aromatic rings. The third kappa shape index (κ3) is 4.26. The largest absolute Gasteiger partial charge is 0.313 e. The van der Waals surface area contributed by atoms with E-state index in [1.165, 1.54) is 45.2 Å². The van der Waals surface area contributed by atoms with Gasteiger partial charge in [0.1, 0.15) is 0 Å². The number of nitriles is 1. The van der Waals surface area contributed by atoms with Crippen LogP contribution in [0.15, 0.2) is 0 Å². The van der Waals surface area contributed by atoms with Gasteiger partial charge in [0, 0.05) is 18.6 Å². The van der Waals surface area contributed by atoms with Crippen LogP contribution in [0.3, 0.4) is 0 Å². The lowest BCUT2D eigenvalue weighted by Gasteiger charge is -2.32. The molecule has 1 aliphatic heterocycles. The van der Waals surface area contributed by atoms with Gasteiger partial charge >= 0.3 is 0 Å². The molecule has 0 bridgehead atoms. The lowest BCUT2D eigenvalue weighted by Crippen LogP contribution is -2.45. The molecule has 1 N–H and O–H groups in total. The molecular weight excluding hydrogens is 222 g/mol. The fourth-order valence-corrected chi connectivity index (χ4v) is 2.70. The smallest absolute Gasteiger partial charge is 0.0684 e. The molecule has 3 nitrogen and oxygen atoms in total. The summed E-state index contributed by atoms with van der Waals surface area (Å²) in [5.41, 5.74) is -0.173. The number of hydrogen-bond acceptors (Lipinski definition) is 3. The molecule has 18 heavy (non-hydrogen) atoms. The van der Waals surface area contributed by atoms with E-state index in [0.717, 1.165) is 19.0 Å². The zero-order valence-electron chi connectivity index (χ0n) is 11.9. The predicted molar refractivity (Wildman–Crippen MR) is 74.2 cm³/mol. The molecule has 0 radical (unpaired) electrons. The van der Waals surface area contributed by atoms with Crippen LogP contribution in [0.1, 0.15) is 52.4 Å². The second-order valence-electron chi connectivity index (χ2n) is 6.62. The molecule has 1 aliphatic carbocycles. The third-order valence-electron chi connectivity index (χ3n) is 4.26. The van der Waals surface area contributed by atoms with Gasteiger partial charge < -0.3 is 5.32 Å². The summed E-state index contributed by atoms with van der Waals surface area (Å²) in [5.74, 6) is 0. The molecule has 1 saturated heterocycles. The third-order valence-corrected chi connectivity index (χ3v) is 4.26. The average Bonchev–Trinajstić information content (AvgIpc) is 3.20. The minimum absolute atomic E-state index is 0.173. The molecule has 1 unspecified atom stereocenters. The van der Waals surface area contributed by atoms with Gasteiger partial charge in [0.25, 0.3) is 0 Å². The molecule has 2 fully saturated rings. The van der Waals surface area contributed by atoms with Crippen LogP contribution in [0.5, 0.6) is 0 Å². The molecule has 102 valence electrons. The second kappa shape index (κ2) is 6.04. The first-order valence-electron chi connectivity index (χ1n) is 7.49. The topological polar surface area (TPSA) is 39.1 Å². The quantitative estimate of drug-likeness (QED) is 0.786. The molecule has 3 heteroatoms. The van der Waals surface area contributed by atoms with Crippen molar-refractivity contribution >= 4 is 0 Å². The Hall–Kier alpha value is -0.590. The summed E-state index contributed by atoms with van der Waals surface area (Å²) in [6.45, 7) is 7.57. The maximum absolute atomic E-state index is 9.10. The first-order valence-corrected chi connectivity index (χ1v) is 7.49. The number of nitrogens with one attached hydrogen (secondary N) is 1. The van der Waals surface area contributed by atoms with Crippen molar-refractivity contribution in [3.8, 4) is 6.07 Å². The van der Waals surface area contributed by atoms with E-state index in [1.807, 2.05) is 0 Å². The summed E-state index contributed by atoms with van der Waals surface area (Å²) < 4.78 is 0. The van der Waals surface area contributed by atoms with E-state index < -0.39 is 0 Å². The Morgan fingerprint density at radius 3 is 2.61 bits per heavy atom. The Bertz CT molecular complexity index is 295. The monoisotopic (exact) mass is 249 g/mol. The van der Waals surface area contributed by atoms with Crippen LogP contribution in [0.25, 0.3) is 0 Å². The van der Waals surface area contributed by atoms with Gasteiger partial charge in [-0.2, -0.15) is 5.26 Å². The molecule has 2 rings (SSSR count). The van der Waals surface area contributed by atoms with E-state index in [1.54, 1.807) is 0 Å². The average molecular weight is 249 g/mol. The van der Waals surface area contributed by atoms with Crippen LogP contribution in [0.2, 0.25) is 0 Å². The van der Waals surface area contributed by atoms with E-state index in [0.29, 0.717) is 6.04 Å². The summed E-state index contributed by atoms with van der Waals surface area (Å²) in [7, 11) is 0. The molecule has 1 heterocycles. The minimum atomic E-state index is -0.173. The van der Waals surface area contributed by atoms with Crippen LogP contribution >= 0.6 is 0 Å². The predicted octanol–water partition coefficient (Wildman–Crippen LogP) is 2.53. The number of piperidine rings is 1. The van der Waals surface area contributed by atoms with Gasteiger partial charge in [0.05, 0.1) is 11.5 Å². The molecule has 1 saturated carbocycles. The van der Waals surface area contributed by atoms with Gasteiger partial charge in [-0.1, -0.05) is 6.42 Å². The first-order chi connectivity index (χ1) is 8.61. The van der Waals surface area contributed by atoms with E-state index in [2.05, 4.69) is 30.1 Å². The fraction of sp³-hybridized carbons (Fsp3) is 0.933. The van der Waals surface area contributed by atoms with Gasteiger partial charge in [-0.3, -0.25) is 4.90 Å². The molecule has 0 aromatic carbocycles. The normalized spacial score (nSPS) is 25.1. The lowest BCUT2D eigenvalue weighted by molar-refractivity contribution is 0.196. The van der Waals surface area contributed by atoms with Crippen molar-refractivity contribution in [3.05, 3.63) is 0 Å². The summed E-state index contributed by atoms with van der Waals surface area (Å²) in [5, 5.41) is 12.7. The van der Waals surface area contributed by atoms with E-state index >= 15 is 0 Å². The maximum atomic E-state index is 9.10. The van der Waals surface area contributed by atoms with Gasteiger partial charge in [-0.25, -0.2) is 0 Å². The Balaban J connectivity index is 1.79. The Labute approximate surface area is 112 Å². The van der Waals surface area contributed by atoms with Gasteiger partial charge in [-0.05, 0) is 59.0 Å². The number of nitrogens with zero attached hydrogens (tertiary/aromatic N) is 2. The highest BCUT2D eigenvalue weighted by atomic mass is 15.2. The standard InChI is InChI=1S/C15H27N3/c1-15(2,12-16)8-10-18(14-6-7-14)11-13-5-3-4-9-17-13/h13-14,17H,3-11H2,1-2H3. The number of rotatable bonds is 6. The van der Waals surface area contributed by atoms with E-state index in [9.17, 15) is 0 Å². The first kappa shape index (κ1) is 13.8. The van der Waals surface area contributed by atoms with Crippen LogP contribution in [0.4, 0.5) is 0 Å². The van der Waals surface area contributed by atoms with E-state index in [4.69, 9.17) is 5.26 Å². The van der Waals surface area contributed by atoms with E-state index in [-0.39, 0.29) is 5.41 Å². The van der Waals surface area contributed by atoms with Gasteiger partial charge in [-0.15, -0.1) is 0 Å². The summed E-state index contributed by atoms with van der Waals surface area (Å²) in [6, 6.07) is 3.91.